The maximum absolute atomic E-state index is 13.9. The fraction of sp³-hybridized carbons (Fsp3) is 0.600. The Kier molecular flexibility index (Phi) is 7.07. The summed E-state index contributed by atoms with van der Waals surface area (Å²) >= 11 is 6.09. The number of amides is 2. The zero-order chi connectivity index (χ0) is 19.2. The molecule has 5 nitrogen and oxygen atoms in total. The maximum atomic E-state index is 13.9. The van der Waals surface area contributed by atoms with Crippen LogP contribution in [-0.2, 0) is 16.1 Å². The van der Waals surface area contributed by atoms with E-state index in [-0.39, 0.29) is 30.1 Å². The Morgan fingerprint density at radius 3 is 2.48 bits per heavy atom. The predicted molar refractivity (Wildman–Crippen MR) is 103 cm³/mol. The highest BCUT2D eigenvalue weighted by atomic mass is 35.5. The lowest BCUT2D eigenvalue weighted by Crippen LogP contribution is -2.51. The van der Waals surface area contributed by atoms with Crippen LogP contribution in [0.1, 0.15) is 37.7 Å². The maximum Gasteiger partial charge on any atom is 0.242 e. The fourth-order valence-electron chi connectivity index (χ4n) is 3.85. The van der Waals surface area contributed by atoms with Gasteiger partial charge in [0.15, 0.2) is 0 Å². The summed E-state index contributed by atoms with van der Waals surface area (Å²) in [5, 5.41) is 3.23. The number of halogens is 2. The molecule has 1 aromatic rings. The minimum absolute atomic E-state index is 0.0101. The molecule has 3 rings (SSSR count). The quantitative estimate of drug-likeness (QED) is 0.834. The lowest BCUT2D eigenvalue weighted by Gasteiger charge is -2.35. The highest BCUT2D eigenvalue weighted by molar-refractivity contribution is 6.31. The molecule has 1 heterocycles. The lowest BCUT2D eigenvalue weighted by molar-refractivity contribution is -0.135. The molecule has 0 atom stereocenters. The number of nitrogens with one attached hydrogen (secondary N) is 1. The molecule has 1 saturated heterocycles. The molecule has 0 spiro atoms. The van der Waals surface area contributed by atoms with Crippen molar-refractivity contribution in [3.8, 4) is 0 Å². The van der Waals surface area contributed by atoms with Gasteiger partial charge < -0.3 is 10.2 Å². The first-order valence-corrected chi connectivity index (χ1v) is 10.1. The second kappa shape index (κ2) is 9.51. The Morgan fingerprint density at radius 2 is 1.81 bits per heavy atom. The van der Waals surface area contributed by atoms with Crippen LogP contribution in [0.3, 0.4) is 0 Å². The van der Waals surface area contributed by atoms with E-state index in [1.54, 1.807) is 17.0 Å². The van der Waals surface area contributed by atoms with Crippen molar-refractivity contribution in [1.82, 2.24) is 15.1 Å². The average molecular weight is 396 g/mol. The van der Waals surface area contributed by atoms with Crippen LogP contribution < -0.4 is 5.32 Å². The van der Waals surface area contributed by atoms with Crippen molar-refractivity contribution in [3.05, 3.63) is 34.6 Å². The Labute approximate surface area is 164 Å². The molecule has 7 heteroatoms. The van der Waals surface area contributed by atoms with Gasteiger partial charge in [0.1, 0.15) is 5.82 Å². The fourth-order valence-corrected chi connectivity index (χ4v) is 4.07. The first-order valence-electron chi connectivity index (χ1n) is 9.75. The minimum atomic E-state index is -0.300. The van der Waals surface area contributed by atoms with Crippen LogP contribution in [0.2, 0.25) is 5.02 Å². The van der Waals surface area contributed by atoms with Gasteiger partial charge in [-0.1, -0.05) is 36.9 Å². The van der Waals surface area contributed by atoms with Gasteiger partial charge in [-0.15, -0.1) is 0 Å². The SMILES string of the molecule is O=C(NCC(=O)N1CCN(Cc2c(F)cccc2Cl)CC1)C1CCCCC1. The average Bonchev–Trinajstić information content (AvgIpc) is 2.70. The van der Waals surface area contributed by atoms with Crippen molar-refractivity contribution in [2.45, 2.75) is 38.6 Å². The largest absolute Gasteiger partial charge is 0.347 e. The molecular weight excluding hydrogens is 369 g/mol. The van der Waals surface area contributed by atoms with Crippen molar-refractivity contribution in [2.24, 2.45) is 5.92 Å². The van der Waals surface area contributed by atoms with Crippen LogP contribution in [0, 0.1) is 11.7 Å². The topological polar surface area (TPSA) is 52.7 Å². The van der Waals surface area contributed by atoms with Crippen LogP contribution in [0.4, 0.5) is 4.39 Å². The molecule has 1 saturated carbocycles. The number of carbonyl (C=O) groups is 2. The van der Waals surface area contributed by atoms with Crippen molar-refractivity contribution in [3.63, 3.8) is 0 Å². The number of carbonyl (C=O) groups excluding carboxylic acids is 2. The number of rotatable bonds is 5. The molecule has 0 bridgehead atoms. The van der Waals surface area contributed by atoms with E-state index in [9.17, 15) is 14.0 Å². The van der Waals surface area contributed by atoms with Crippen molar-refractivity contribution in [2.75, 3.05) is 32.7 Å². The van der Waals surface area contributed by atoms with Crippen LogP contribution in [0.15, 0.2) is 18.2 Å². The summed E-state index contributed by atoms with van der Waals surface area (Å²) in [6.45, 7) is 2.97. The molecule has 148 valence electrons. The highest BCUT2D eigenvalue weighted by Crippen LogP contribution is 2.23. The lowest BCUT2D eigenvalue weighted by atomic mass is 9.89. The Morgan fingerprint density at radius 1 is 1.11 bits per heavy atom. The van der Waals surface area contributed by atoms with Crippen LogP contribution in [-0.4, -0.2) is 54.3 Å². The van der Waals surface area contributed by atoms with Gasteiger partial charge in [0.2, 0.25) is 11.8 Å². The molecule has 2 amide bonds. The van der Waals surface area contributed by atoms with Gasteiger partial charge in [-0.05, 0) is 25.0 Å². The molecule has 1 aromatic carbocycles. The van der Waals surface area contributed by atoms with Gasteiger partial charge >= 0.3 is 0 Å². The molecule has 1 aliphatic carbocycles. The molecule has 0 unspecified atom stereocenters. The standard InChI is InChI=1S/C20H27ClFN3O2/c21-17-7-4-8-18(22)16(17)14-24-9-11-25(12-10-24)19(26)13-23-20(27)15-5-2-1-3-6-15/h4,7-8,15H,1-3,5-6,9-14H2,(H,23,27). The zero-order valence-corrected chi connectivity index (χ0v) is 16.3. The van der Waals surface area contributed by atoms with E-state index in [1.165, 1.54) is 12.5 Å². The van der Waals surface area contributed by atoms with Crippen LogP contribution in [0.5, 0.6) is 0 Å². The second-order valence-corrected chi connectivity index (χ2v) is 7.82. The molecule has 27 heavy (non-hydrogen) atoms. The van der Waals surface area contributed by atoms with Gasteiger partial charge in [0.25, 0.3) is 0 Å². The van der Waals surface area contributed by atoms with Gasteiger partial charge in [-0.25, -0.2) is 4.39 Å². The molecular formula is C20H27ClFN3O2. The molecule has 2 fully saturated rings. The van der Waals surface area contributed by atoms with E-state index in [2.05, 4.69) is 10.2 Å². The minimum Gasteiger partial charge on any atom is -0.347 e. The van der Waals surface area contributed by atoms with Crippen LogP contribution >= 0.6 is 11.6 Å². The van der Waals surface area contributed by atoms with E-state index in [1.807, 2.05) is 0 Å². The number of hydrogen-bond acceptors (Lipinski definition) is 3. The van der Waals surface area contributed by atoms with Crippen molar-refractivity contribution in [1.29, 1.82) is 0 Å². The number of benzene rings is 1. The normalized spacial score (nSPS) is 19.1. The predicted octanol–water partition coefficient (Wildman–Crippen LogP) is 2.82. The number of hydrogen-bond donors (Lipinski definition) is 1. The van der Waals surface area contributed by atoms with Crippen LogP contribution in [0.25, 0.3) is 0 Å². The number of nitrogens with zero attached hydrogens (tertiary/aromatic N) is 2. The molecule has 0 aromatic heterocycles. The first kappa shape index (κ1) is 20.1. The Bertz CT molecular complexity index is 651. The van der Waals surface area contributed by atoms with E-state index in [0.29, 0.717) is 43.3 Å². The Balaban J connectivity index is 1.42. The molecule has 0 radical (unpaired) electrons. The van der Waals surface area contributed by atoms with Gasteiger partial charge in [0.05, 0.1) is 6.54 Å². The van der Waals surface area contributed by atoms with Crippen molar-refractivity contribution >= 4 is 23.4 Å². The first-order chi connectivity index (χ1) is 13.0. The second-order valence-electron chi connectivity index (χ2n) is 7.41. The van der Waals surface area contributed by atoms with E-state index >= 15 is 0 Å². The van der Waals surface area contributed by atoms with Gasteiger partial charge in [-0.2, -0.15) is 0 Å². The molecule has 1 aliphatic heterocycles. The summed E-state index contributed by atoms with van der Waals surface area (Å²) in [6.07, 6.45) is 5.25. The molecule has 2 aliphatic rings. The summed E-state index contributed by atoms with van der Waals surface area (Å²) in [4.78, 5) is 28.4. The zero-order valence-electron chi connectivity index (χ0n) is 15.6. The van der Waals surface area contributed by atoms with Gasteiger partial charge in [-0.3, -0.25) is 14.5 Å². The van der Waals surface area contributed by atoms with Gasteiger partial charge in [0, 0.05) is 49.2 Å². The smallest absolute Gasteiger partial charge is 0.242 e. The third kappa shape index (κ3) is 5.42. The summed E-state index contributed by atoms with van der Waals surface area (Å²) in [6, 6.07) is 4.70. The summed E-state index contributed by atoms with van der Waals surface area (Å²) in [5.74, 6) is -0.279. The monoisotopic (exact) mass is 395 g/mol. The molecule has 1 N–H and O–H groups in total. The van der Waals surface area contributed by atoms with E-state index < -0.39 is 0 Å². The highest BCUT2D eigenvalue weighted by Gasteiger charge is 2.25. The Hall–Kier alpha value is -1.66. The van der Waals surface area contributed by atoms with E-state index in [0.717, 1.165) is 25.7 Å². The summed E-state index contributed by atoms with van der Waals surface area (Å²) < 4.78 is 13.9. The van der Waals surface area contributed by atoms with E-state index in [4.69, 9.17) is 11.6 Å². The third-order valence-electron chi connectivity index (χ3n) is 5.56. The summed E-state index contributed by atoms with van der Waals surface area (Å²) in [5.41, 5.74) is 0.499. The third-order valence-corrected chi connectivity index (χ3v) is 5.91. The summed E-state index contributed by atoms with van der Waals surface area (Å²) in [7, 11) is 0. The van der Waals surface area contributed by atoms with Crippen molar-refractivity contribution < 1.29 is 14.0 Å². The number of piperazine rings is 1.